The third-order valence-electron chi connectivity index (χ3n) is 2.08. The number of phenolic OH excluding ortho intramolecular Hbond substituents is 1. The zero-order chi connectivity index (χ0) is 12.3. The highest BCUT2D eigenvalue weighted by molar-refractivity contribution is 7.13. The Hall–Kier alpha value is -1.88. The number of nitrogens with zero attached hydrogens (tertiary/aromatic N) is 1. The van der Waals surface area contributed by atoms with E-state index in [-0.39, 0.29) is 5.75 Å². The molecule has 1 N–H and O–H groups in total. The molecule has 0 aliphatic carbocycles. The Morgan fingerprint density at radius 2 is 2.35 bits per heavy atom. The van der Waals surface area contributed by atoms with Gasteiger partial charge in [-0.15, -0.1) is 11.3 Å². The van der Waals surface area contributed by atoms with E-state index in [1.165, 1.54) is 11.3 Å². The number of aromatic nitrogens is 1. The van der Waals surface area contributed by atoms with Gasteiger partial charge in [-0.2, -0.15) is 0 Å². The van der Waals surface area contributed by atoms with E-state index in [4.69, 9.17) is 4.74 Å². The maximum Gasteiger partial charge on any atom is 0.357 e. The van der Waals surface area contributed by atoms with Gasteiger partial charge in [0.25, 0.3) is 0 Å². The van der Waals surface area contributed by atoms with Crippen molar-refractivity contribution in [2.45, 2.75) is 6.92 Å². The number of ether oxygens (including phenoxy) is 1. The molecule has 0 saturated carbocycles. The SMILES string of the molecule is CCOC(=O)c1csc(-c2cccc(O)c2)n1. The average molecular weight is 249 g/mol. The maximum atomic E-state index is 11.4. The van der Waals surface area contributed by atoms with Crippen molar-refractivity contribution in [2.24, 2.45) is 0 Å². The Balaban J connectivity index is 2.27. The van der Waals surface area contributed by atoms with E-state index in [1.807, 2.05) is 6.07 Å². The third-order valence-corrected chi connectivity index (χ3v) is 2.97. The second kappa shape index (κ2) is 4.97. The van der Waals surface area contributed by atoms with E-state index in [0.717, 1.165) is 5.56 Å². The fourth-order valence-electron chi connectivity index (χ4n) is 1.34. The van der Waals surface area contributed by atoms with Gasteiger partial charge in [0.2, 0.25) is 0 Å². The van der Waals surface area contributed by atoms with Crippen LogP contribution in [-0.4, -0.2) is 22.7 Å². The highest BCUT2D eigenvalue weighted by Gasteiger charge is 2.12. The summed E-state index contributed by atoms with van der Waals surface area (Å²) in [6, 6.07) is 6.75. The molecule has 0 spiro atoms. The van der Waals surface area contributed by atoms with E-state index in [2.05, 4.69) is 4.98 Å². The summed E-state index contributed by atoms with van der Waals surface area (Å²) in [6.45, 7) is 2.08. The molecule has 88 valence electrons. The molecule has 0 bridgehead atoms. The largest absolute Gasteiger partial charge is 0.508 e. The minimum Gasteiger partial charge on any atom is -0.508 e. The lowest BCUT2D eigenvalue weighted by atomic mass is 10.2. The van der Waals surface area contributed by atoms with Gasteiger partial charge in [-0.25, -0.2) is 9.78 Å². The van der Waals surface area contributed by atoms with Crippen LogP contribution in [-0.2, 0) is 4.74 Å². The molecule has 4 nitrogen and oxygen atoms in total. The summed E-state index contributed by atoms with van der Waals surface area (Å²) in [5.41, 5.74) is 1.08. The van der Waals surface area contributed by atoms with Gasteiger partial charge in [0.1, 0.15) is 10.8 Å². The quantitative estimate of drug-likeness (QED) is 0.850. The second-order valence-electron chi connectivity index (χ2n) is 3.31. The number of carbonyl (C=O) groups is 1. The maximum absolute atomic E-state index is 11.4. The smallest absolute Gasteiger partial charge is 0.357 e. The lowest BCUT2D eigenvalue weighted by Crippen LogP contribution is -2.04. The van der Waals surface area contributed by atoms with E-state index in [9.17, 15) is 9.90 Å². The van der Waals surface area contributed by atoms with Crippen LogP contribution >= 0.6 is 11.3 Å². The number of hydrogen-bond donors (Lipinski definition) is 1. The van der Waals surface area contributed by atoms with Crippen LogP contribution in [0.1, 0.15) is 17.4 Å². The normalized spacial score (nSPS) is 10.2. The first kappa shape index (κ1) is 11.6. The van der Waals surface area contributed by atoms with E-state index >= 15 is 0 Å². The first-order valence-electron chi connectivity index (χ1n) is 5.12. The first-order valence-corrected chi connectivity index (χ1v) is 6.00. The second-order valence-corrected chi connectivity index (χ2v) is 4.17. The molecule has 1 heterocycles. The molecule has 0 amide bonds. The molecule has 1 aromatic heterocycles. The fourth-order valence-corrected chi connectivity index (χ4v) is 2.13. The summed E-state index contributed by atoms with van der Waals surface area (Å²) >= 11 is 1.34. The van der Waals surface area contributed by atoms with Crippen LogP contribution < -0.4 is 0 Å². The first-order chi connectivity index (χ1) is 8.20. The lowest BCUT2D eigenvalue weighted by Gasteiger charge is -1.97. The van der Waals surface area contributed by atoms with Gasteiger partial charge >= 0.3 is 5.97 Å². The van der Waals surface area contributed by atoms with Gasteiger partial charge in [-0.3, -0.25) is 0 Å². The number of phenols is 1. The number of carbonyl (C=O) groups excluding carboxylic acids is 1. The summed E-state index contributed by atoms with van der Waals surface area (Å²) in [5, 5.41) is 11.7. The number of thiazole rings is 1. The van der Waals surface area contributed by atoms with Gasteiger partial charge in [-0.1, -0.05) is 12.1 Å². The molecule has 2 aromatic rings. The van der Waals surface area contributed by atoms with E-state index in [1.54, 1.807) is 30.5 Å². The molecule has 0 fully saturated rings. The Morgan fingerprint density at radius 1 is 1.53 bits per heavy atom. The van der Waals surface area contributed by atoms with Crippen molar-refractivity contribution in [3.05, 3.63) is 35.3 Å². The van der Waals surface area contributed by atoms with E-state index < -0.39 is 5.97 Å². The van der Waals surface area contributed by atoms with Gasteiger partial charge < -0.3 is 9.84 Å². The van der Waals surface area contributed by atoms with Crippen molar-refractivity contribution in [1.29, 1.82) is 0 Å². The van der Waals surface area contributed by atoms with Crippen molar-refractivity contribution in [1.82, 2.24) is 4.98 Å². The predicted octanol–water partition coefficient (Wildman–Crippen LogP) is 2.69. The van der Waals surface area contributed by atoms with Crippen LogP contribution in [0, 0.1) is 0 Å². The van der Waals surface area contributed by atoms with Crippen LogP contribution in [0.3, 0.4) is 0 Å². The molecule has 2 rings (SSSR count). The molecule has 5 heteroatoms. The third kappa shape index (κ3) is 2.62. The van der Waals surface area contributed by atoms with Gasteiger partial charge in [-0.05, 0) is 19.1 Å². The molecule has 17 heavy (non-hydrogen) atoms. The summed E-state index contributed by atoms with van der Waals surface area (Å²) in [4.78, 5) is 15.6. The molecule has 0 aliphatic heterocycles. The average Bonchev–Trinajstić information content (AvgIpc) is 2.78. The minimum absolute atomic E-state index is 0.176. The van der Waals surface area contributed by atoms with E-state index in [0.29, 0.717) is 17.3 Å². The van der Waals surface area contributed by atoms with Crippen LogP contribution in [0.2, 0.25) is 0 Å². The van der Waals surface area contributed by atoms with Gasteiger partial charge in [0.15, 0.2) is 5.69 Å². The standard InChI is InChI=1S/C12H11NO3S/c1-2-16-12(15)10-7-17-11(13-10)8-4-3-5-9(14)6-8/h3-7,14H,2H2,1H3. The Bertz CT molecular complexity index is 536. The minimum atomic E-state index is -0.421. The molecule has 0 unspecified atom stereocenters. The number of hydrogen-bond acceptors (Lipinski definition) is 5. The summed E-state index contributed by atoms with van der Waals surface area (Å²) < 4.78 is 4.86. The molecule has 0 radical (unpaired) electrons. The summed E-state index contributed by atoms with van der Waals surface area (Å²) in [6.07, 6.45) is 0. The number of rotatable bonds is 3. The summed E-state index contributed by atoms with van der Waals surface area (Å²) in [7, 11) is 0. The number of aromatic hydroxyl groups is 1. The predicted molar refractivity (Wildman–Crippen MR) is 65.2 cm³/mol. The molecule has 0 aliphatic rings. The van der Waals surface area contributed by atoms with Crippen LogP contribution in [0.5, 0.6) is 5.75 Å². The molecule has 1 aromatic carbocycles. The van der Waals surface area contributed by atoms with Crippen molar-refractivity contribution in [3.63, 3.8) is 0 Å². The molecular formula is C12H11NO3S. The van der Waals surface area contributed by atoms with Crippen LogP contribution in [0.15, 0.2) is 29.6 Å². The Labute approximate surface area is 103 Å². The topological polar surface area (TPSA) is 59.4 Å². The molecule has 0 atom stereocenters. The Kier molecular flexibility index (Phi) is 3.39. The zero-order valence-corrected chi connectivity index (χ0v) is 10.0. The zero-order valence-electron chi connectivity index (χ0n) is 9.21. The lowest BCUT2D eigenvalue weighted by molar-refractivity contribution is 0.0520. The monoisotopic (exact) mass is 249 g/mol. The van der Waals surface area contributed by atoms with Gasteiger partial charge in [0, 0.05) is 10.9 Å². The van der Waals surface area contributed by atoms with Crippen molar-refractivity contribution in [2.75, 3.05) is 6.61 Å². The summed E-state index contributed by atoms with van der Waals surface area (Å²) in [5.74, 6) is -0.245. The molecule has 0 saturated heterocycles. The van der Waals surface area contributed by atoms with Crippen molar-refractivity contribution in [3.8, 4) is 16.3 Å². The van der Waals surface area contributed by atoms with Crippen LogP contribution in [0.4, 0.5) is 0 Å². The number of benzene rings is 1. The Morgan fingerprint density at radius 3 is 3.06 bits per heavy atom. The number of esters is 1. The fraction of sp³-hybridized carbons (Fsp3) is 0.167. The van der Waals surface area contributed by atoms with Crippen LogP contribution in [0.25, 0.3) is 10.6 Å². The molecular weight excluding hydrogens is 238 g/mol. The van der Waals surface area contributed by atoms with Gasteiger partial charge in [0.05, 0.1) is 6.61 Å². The van der Waals surface area contributed by atoms with Crippen molar-refractivity contribution < 1.29 is 14.6 Å². The van der Waals surface area contributed by atoms with Crippen molar-refractivity contribution >= 4 is 17.3 Å². The highest BCUT2D eigenvalue weighted by Crippen LogP contribution is 2.26. The highest BCUT2D eigenvalue weighted by atomic mass is 32.1.